The molecule has 82 heavy (non-hydrogen) atoms. The molecule has 24 nitrogen and oxygen atoms in total. The number of ether oxygens (including phenoxy) is 1. The normalized spacial score (nSPS) is 18.7. The van der Waals surface area contributed by atoms with E-state index in [9.17, 15) is 43.8 Å². The first kappa shape index (κ1) is 57.4. The Balaban J connectivity index is 0.992. The number of benzene rings is 1. The van der Waals surface area contributed by atoms with Crippen molar-refractivity contribution in [3.8, 4) is 43.4 Å². The second-order valence-corrected chi connectivity index (χ2v) is 24.5. The monoisotopic (exact) mass is 1220 g/mol. The zero-order valence-corrected chi connectivity index (χ0v) is 48.2. The van der Waals surface area contributed by atoms with Crippen LogP contribution in [0.1, 0.15) is 126 Å². The van der Waals surface area contributed by atoms with Crippen LogP contribution < -0.4 is 27.0 Å². The molecule has 8 aromatic rings. The minimum Gasteiger partial charge on any atom is -0.481 e. The number of carbonyl (C=O) groups excluding carboxylic acids is 6. The number of pyridine rings is 1. The van der Waals surface area contributed by atoms with Gasteiger partial charge < -0.3 is 46.6 Å². The van der Waals surface area contributed by atoms with Gasteiger partial charge in [0.15, 0.2) is 0 Å². The van der Waals surface area contributed by atoms with Crippen molar-refractivity contribution in [1.29, 1.82) is 0 Å². The van der Waals surface area contributed by atoms with Gasteiger partial charge in [-0.1, -0.05) is 37.3 Å². The number of carboxylic acid groups (broad SMARTS) is 1. The summed E-state index contributed by atoms with van der Waals surface area (Å²) in [5, 5.41) is 52.9. The first-order valence-electron chi connectivity index (χ1n) is 25.3. The first-order chi connectivity index (χ1) is 39.5. The smallest absolute Gasteiger partial charge is 0.407 e. The number of aliphatic carboxylic acids is 1. The topological polar surface area (TPSA) is 357 Å². The quantitative estimate of drug-likeness (QED) is 0.0520. The average Bonchev–Trinajstić information content (AvgIpc) is 4.52. The van der Waals surface area contributed by atoms with Gasteiger partial charge in [0.1, 0.15) is 76.4 Å². The summed E-state index contributed by atoms with van der Waals surface area (Å²) in [6.07, 6.45) is -1.74. The minimum absolute atomic E-state index is 0.0142. The van der Waals surface area contributed by atoms with E-state index in [1.165, 1.54) is 44.3 Å². The summed E-state index contributed by atoms with van der Waals surface area (Å²) in [5.74, 6) is -4.45. The Morgan fingerprint density at radius 1 is 0.744 bits per heavy atom. The van der Waals surface area contributed by atoms with Crippen LogP contribution in [0, 0.1) is 12.8 Å². The number of thiazole rings is 6. The molecule has 1 aromatic carbocycles. The third-order valence-electron chi connectivity index (χ3n) is 13.2. The Hall–Kier alpha value is -7.84. The third kappa shape index (κ3) is 12.9. The molecule has 1 saturated heterocycles. The van der Waals surface area contributed by atoms with Gasteiger partial charge in [0.05, 0.1) is 49.1 Å². The predicted molar refractivity (Wildman–Crippen MR) is 305 cm³/mol. The molecule has 7 aromatic heterocycles. The van der Waals surface area contributed by atoms with Crippen molar-refractivity contribution in [3.63, 3.8) is 0 Å². The molecule has 0 unspecified atom stereocenters. The standard InChI is InChI=1S/C52H49N13O11S6/c1-23-34(66)17-65-40(23)50-61-33(22-81-50)47-58-30(19-79-47)38-27(12-13-28(56-38)46-55-26(18-77-46)16-54-52(75)76-14-8-4-7-11-36(68)69)45-59-31(20-78-45)42(71)57-29(15-35(53)67)48-63-37(24(2)82-48)44(73)62-39(41(70)25-9-5-3-6-10-25)49-60-32(21-80-49)43(72)64-51(65)74/h3,5-6,9-10,12-13,18-23,29,34,39-41,66,70H,4,7-8,11,14-17H2,1-2H3,(H2,53,67)(H,54,75)(H,57,71)(H,62,73)(H,68,69)(H,64,72,74)/t23-,29-,34-,39-,40-,41+/m0/s1. The largest absolute Gasteiger partial charge is 0.481 e. The molecule has 1 fully saturated rings. The van der Waals surface area contributed by atoms with Crippen LogP contribution >= 0.6 is 68.0 Å². The van der Waals surface area contributed by atoms with Gasteiger partial charge in [-0.2, -0.15) is 0 Å². The number of imide groups is 1. The van der Waals surface area contributed by atoms with Gasteiger partial charge in [-0.3, -0.25) is 29.3 Å². The number of nitrogens with two attached hydrogens (primary N) is 1. The number of unbranched alkanes of at least 4 members (excludes halogenated alkanes) is 2. The molecule has 2 aliphatic rings. The SMILES string of the molecule is Cc1sc2nc1C(=O)N[C@@H]([C@H](O)c1ccccc1)c1nc(cs1)C(=O)NC(=O)N1C[C@H](O)[C@H](C)[C@H]1c1nc(cs1)-c1nc(cs1)-c1nc(-c3nc(CNC(=O)OCCCCCC(=O)O)cs3)ccc1-c1nc(cs1)C(=O)N[C@H]2CC(N)=O. The number of hydrogen-bond acceptors (Lipinski definition) is 23. The number of amides is 7. The van der Waals surface area contributed by atoms with Gasteiger partial charge in [-0.05, 0) is 43.9 Å². The van der Waals surface area contributed by atoms with Crippen LogP contribution in [-0.2, 0) is 20.9 Å². The zero-order valence-electron chi connectivity index (χ0n) is 43.3. The van der Waals surface area contributed by atoms with Gasteiger partial charge in [0.2, 0.25) is 5.91 Å². The number of alkyl carbamates (subject to hydrolysis) is 1. The Labute approximate surface area is 490 Å². The molecular weight excluding hydrogens is 1180 g/mol. The molecule has 6 atom stereocenters. The second kappa shape index (κ2) is 25.1. The molecule has 7 amide bonds. The molecule has 10 bridgehead atoms. The van der Waals surface area contributed by atoms with Gasteiger partial charge in [-0.25, -0.2) is 44.5 Å². The lowest BCUT2D eigenvalue weighted by atomic mass is 10.0. The molecule has 0 saturated carbocycles. The van der Waals surface area contributed by atoms with Crippen LogP contribution in [0.4, 0.5) is 9.59 Å². The molecule has 2 aliphatic heterocycles. The van der Waals surface area contributed by atoms with E-state index in [0.29, 0.717) is 83.8 Å². The van der Waals surface area contributed by atoms with Crippen molar-refractivity contribution in [2.45, 2.75) is 82.8 Å². The lowest BCUT2D eigenvalue weighted by molar-refractivity contribution is -0.137. The number of nitrogens with zero attached hydrogens (tertiary/aromatic N) is 8. The van der Waals surface area contributed by atoms with Gasteiger partial charge in [0, 0.05) is 56.2 Å². The maximum absolute atomic E-state index is 14.3. The average molecular weight is 1220 g/mol. The fourth-order valence-corrected chi connectivity index (χ4v) is 14.3. The Morgan fingerprint density at radius 2 is 1.44 bits per heavy atom. The predicted octanol–water partition coefficient (Wildman–Crippen LogP) is 7.44. The number of fused-ring (bicyclic) bond motifs is 16. The van der Waals surface area contributed by atoms with Crippen molar-refractivity contribution < 1.29 is 53.6 Å². The van der Waals surface area contributed by atoms with Crippen LogP contribution in [0.25, 0.3) is 43.4 Å². The molecule has 0 radical (unpaired) electrons. The number of rotatable bonds is 13. The fraction of sp³-hybridized carbons (Fsp3) is 0.308. The van der Waals surface area contributed by atoms with Crippen LogP contribution in [0.15, 0.2) is 69.4 Å². The number of aryl methyl sites for hydroxylation is 1. The summed E-state index contributed by atoms with van der Waals surface area (Å²) in [5.41, 5.74) is 8.58. The highest BCUT2D eigenvalue weighted by Gasteiger charge is 2.44. The number of carboxylic acids is 1. The Morgan fingerprint density at radius 3 is 2.23 bits per heavy atom. The van der Waals surface area contributed by atoms with Crippen LogP contribution in [0.3, 0.4) is 0 Å². The fourth-order valence-electron chi connectivity index (χ4n) is 8.96. The first-order valence-corrected chi connectivity index (χ1v) is 30.5. The van der Waals surface area contributed by atoms with Crippen molar-refractivity contribution >= 4 is 110 Å². The summed E-state index contributed by atoms with van der Waals surface area (Å²) < 4.78 is 5.24. The van der Waals surface area contributed by atoms with E-state index in [-0.39, 0.29) is 53.2 Å². The zero-order chi connectivity index (χ0) is 57.8. The highest BCUT2D eigenvalue weighted by Crippen LogP contribution is 2.42. The van der Waals surface area contributed by atoms with Gasteiger partial charge in [0.25, 0.3) is 17.7 Å². The molecule has 0 aliphatic carbocycles. The highest BCUT2D eigenvalue weighted by atomic mass is 32.1. The summed E-state index contributed by atoms with van der Waals surface area (Å²) in [7, 11) is 0. The molecular formula is C52H49N13O11S6. The van der Waals surface area contributed by atoms with Crippen molar-refractivity contribution in [1.82, 2.24) is 61.1 Å². The van der Waals surface area contributed by atoms with E-state index in [4.69, 9.17) is 40.5 Å². The van der Waals surface area contributed by atoms with Crippen molar-refractivity contribution in [3.05, 3.63) is 118 Å². The van der Waals surface area contributed by atoms with Crippen LogP contribution in [-0.4, -0.2) is 116 Å². The lowest BCUT2D eigenvalue weighted by Gasteiger charge is -2.24. The van der Waals surface area contributed by atoms with Crippen molar-refractivity contribution in [2.75, 3.05) is 13.2 Å². The number of hydrogen-bond donors (Lipinski definition) is 8. The molecule has 10 rings (SSSR count). The maximum atomic E-state index is 14.3. The maximum Gasteiger partial charge on any atom is 0.407 e. The number of primary amides is 1. The summed E-state index contributed by atoms with van der Waals surface area (Å²) in [6.45, 7) is 3.48. The highest BCUT2D eigenvalue weighted by molar-refractivity contribution is 7.15. The van der Waals surface area contributed by atoms with E-state index < -0.39 is 84.4 Å². The van der Waals surface area contributed by atoms with E-state index in [2.05, 4.69) is 31.2 Å². The number of nitrogens with one attached hydrogen (secondary N) is 4. The van der Waals surface area contributed by atoms with Gasteiger partial charge in [-0.15, -0.1) is 68.0 Å². The Kier molecular flexibility index (Phi) is 17.6. The Bertz CT molecular complexity index is 3710. The number of aromatic nitrogens is 7. The molecule has 9 heterocycles. The minimum atomic E-state index is -1.39. The summed E-state index contributed by atoms with van der Waals surface area (Å²) in [6, 6.07) is 8.07. The molecule has 0 spiro atoms. The van der Waals surface area contributed by atoms with Gasteiger partial charge >= 0.3 is 18.1 Å². The van der Waals surface area contributed by atoms with E-state index >= 15 is 0 Å². The second-order valence-electron chi connectivity index (χ2n) is 18.9. The number of urea groups is 1. The summed E-state index contributed by atoms with van der Waals surface area (Å²) in [4.78, 5) is 127. The van der Waals surface area contributed by atoms with E-state index in [1.807, 2.05) is 0 Å². The van der Waals surface area contributed by atoms with E-state index in [0.717, 1.165) is 34.0 Å². The van der Waals surface area contributed by atoms with Crippen LogP contribution in [0.2, 0.25) is 0 Å². The molecule has 424 valence electrons. The number of aliphatic hydroxyl groups is 2. The number of aliphatic hydroxyl groups excluding tert-OH is 2. The van der Waals surface area contributed by atoms with E-state index in [1.54, 1.807) is 77.8 Å². The lowest BCUT2D eigenvalue weighted by Crippen LogP contribution is -2.43. The van der Waals surface area contributed by atoms with Crippen molar-refractivity contribution in [2.24, 2.45) is 11.7 Å². The molecule has 30 heteroatoms. The third-order valence-corrected chi connectivity index (χ3v) is 18.7. The molecule has 9 N–H and O–H groups in total. The van der Waals surface area contributed by atoms with Crippen LogP contribution in [0.5, 0.6) is 0 Å². The number of carbonyl (C=O) groups is 7. The summed E-state index contributed by atoms with van der Waals surface area (Å²) >= 11 is 6.97.